The van der Waals surface area contributed by atoms with Gasteiger partial charge in [0.1, 0.15) is 5.75 Å². The number of ether oxygens (including phenoxy) is 2. The third kappa shape index (κ3) is 5.38. The van der Waals surface area contributed by atoms with Crippen LogP contribution in [0.5, 0.6) is 5.75 Å². The van der Waals surface area contributed by atoms with Gasteiger partial charge in [-0.3, -0.25) is 9.59 Å². The molecule has 2 aromatic rings. The van der Waals surface area contributed by atoms with E-state index in [0.29, 0.717) is 25.3 Å². The average Bonchev–Trinajstić information content (AvgIpc) is 3.67. The van der Waals surface area contributed by atoms with Gasteiger partial charge in [-0.2, -0.15) is 0 Å². The SMILES string of the molecule is CC[C@H](Oc1ccc2c(c1)[C@H](c1ccc(C)cc1)N(C(=O)C1CC1)CC2)C(=O)NCCOC. The highest BCUT2D eigenvalue weighted by Crippen LogP contribution is 2.41. The molecule has 2 atom stereocenters. The van der Waals surface area contributed by atoms with Gasteiger partial charge >= 0.3 is 0 Å². The Morgan fingerprint density at radius 1 is 1.15 bits per heavy atom. The van der Waals surface area contributed by atoms with Gasteiger partial charge in [0.2, 0.25) is 5.91 Å². The summed E-state index contributed by atoms with van der Waals surface area (Å²) in [5.41, 5.74) is 4.62. The van der Waals surface area contributed by atoms with Gasteiger partial charge in [0, 0.05) is 26.1 Å². The molecule has 1 aliphatic heterocycles. The van der Waals surface area contributed by atoms with Crippen LogP contribution in [-0.2, 0) is 20.7 Å². The maximum absolute atomic E-state index is 13.2. The van der Waals surface area contributed by atoms with Crippen LogP contribution in [-0.4, -0.2) is 49.6 Å². The zero-order valence-electron chi connectivity index (χ0n) is 19.8. The predicted octanol–water partition coefficient (Wildman–Crippen LogP) is 3.80. The second-order valence-electron chi connectivity index (χ2n) is 9.03. The Hall–Kier alpha value is -2.86. The van der Waals surface area contributed by atoms with Gasteiger partial charge in [-0.15, -0.1) is 0 Å². The first-order chi connectivity index (χ1) is 16.0. The first-order valence-corrected chi connectivity index (χ1v) is 11.9. The van der Waals surface area contributed by atoms with Crippen LogP contribution in [0.15, 0.2) is 42.5 Å². The summed E-state index contributed by atoms with van der Waals surface area (Å²) in [4.78, 5) is 27.8. The largest absolute Gasteiger partial charge is 0.481 e. The normalized spacial score (nSPS) is 18.4. The zero-order chi connectivity index (χ0) is 23.4. The van der Waals surface area contributed by atoms with Crippen molar-refractivity contribution in [3.05, 3.63) is 64.7 Å². The van der Waals surface area contributed by atoms with Crippen LogP contribution in [0.1, 0.15) is 54.5 Å². The lowest BCUT2D eigenvalue weighted by Gasteiger charge is -2.38. The molecule has 0 bridgehead atoms. The molecule has 0 aromatic heterocycles. The molecular formula is C27H34N2O4. The molecule has 0 radical (unpaired) electrons. The van der Waals surface area contributed by atoms with Crippen LogP contribution in [0.2, 0.25) is 0 Å². The van der Waals surface area contributed by atoms with E-state index in [4.69, 9.17) is 9.47 Å². The van der Waals surface area contributed by atoms with E-state index in [1.54, 1.807) is 7.11 Å². The Morgan fingerprint density at radius 2 is 1.91 bits per heavy atom. The number of carbonyl (C=O) groups excluding carboxylic acids is 2. The summed E-state index contributed by atoms with van der Waals surface area (Å²) in [6, 6.07) is 14.3. The highest BCUT2D eigenvalue weighted by Gasteiger charge is 2.39. The molecule has 6 heteroatoms. The van der Waals surface area contributed by atoms with Crippen LogP contribution >= 0.6 is 0 Å². The first kappa shape index (κ1) is 23.3. The van der Waals surface area contributed by atoms with Crippen LogP contribution in [0.25, 0.3) is 0 Å². The van der Waals surface area contributed by atoms with Crippen molar-refractivity contribution in [3.8, 4) is 5.75 Å². The Labute approximate surface area is 196 Å². The molecule has 2 amide bonds. The molecule has 1 heterocycles. The van der Waals surface area contributed by atoms with Crippen LogP contribution in [0.3, 0.4) is 0 Å². The summed E-state index contributed by atoms with van der Waals surface area (Å²) in [5.74, 6) is 0.925. The van der Waals surface area contributed by atoms with Crippen LogP contribution in [0, 0.1) is 12.8 Å². The lowest BCUT2D eigenvalue weighted by Crippen LogP contribution is -2.41. The molecule has 1 saturated carbocycles. The van der Waals surface area contributed by atoms with Crippen molar-refractivity contribution in [1.29, 1.82) is 0 Å². The highest BCUT2D eigenvalue weighted by atomic mass is 16.5. The average molecular weight is 451 g/mol. The Morgan fingerprint density at radius 3 is 2.58 bits per heavy atom. The van der Waals surface area contributed by atoms with Crippen molar-refractivity contribution in [2.75, 3.05) is 26.8 Å². The van der Waals surface area contributed by atoms with Crippen molar-refractivity contribution in [2.24, 2.45) is 5.92 Å². The van der Waals surface area contributed by atoms with Crippen LogP contribution in [0.4, 0.5) is 0 Å². The highest BCUT2D eigenvalue weighted by molar-refractivity contribution is 5.82. The minimum absolute atomic E-state index is 0.137. The lowest BCUT2D eigenvalue weighted by atomic mass is 9.87. The fraction of sp³-hybridized carbons (Fsp3) is 0.481. The Balaban J connectivity index is 1.62. The molecule has 6 nitrogen and oxygen atoms in total. The number of aryl methyl sites for hydroxylation is 1. The standard InChI is InChI=1S/C27H34N2O4/c1-4-24(26(30)28-14-16-32-3)33-22-12-11-19-13-15-29(27(31)21-9-10-21)25(23(19)17-22)20-7-5-18(2)6-8-20/h5-8,11-12,17,21,24-25H,4,9-10,13-16H2,1-3H3,(H,28,30)/t24-,25-/m0/s1. The number of hydrogen-bond donors (Lipinski definition) is 1. The van der Waals surface area contributed by atoms with E-state index in [1.807, 2.05) is 24.0 Å². The number of nitrogens with one attached hydrogen (secondary N) is 1. The van der Waals surface area contributed by atoms with Crippen molar-refractivity contribution in [2.45, 2.75) is 51.7 Å². The smallest absolute Gasteiger partial charge is 0.261 e. The van der Waals surface area contributed by atoms with Crippen molar-refractivity contribution in [3.63, 3.8) is 0 Å². The first-order valence-electron chi connectivity index (χ1n) is 11.9. The van der Waals surface area contributed by atoms with Crippen molar-refractivity contribution >= 4 is 11.8 Å². The number of amides is 2. The van der Waals surface area contributed by atoms with Gasteiger partial charge in [-0.25, -0.2) is 0 Å². The molecule has 0 spiro atoms. The third-order valence-corrected chi connectivity index (χ3v) is 6.50. The van der Waals surface area contributed by atoms with E-state index in [-0.39, 0.29) is 23.8 Å². The minimum Gasteiger partial charge on any atom is -0.481 e. The molecule has 1 aliphatic carbocycles. The molecule has 2 aromatic carbocycles. The van der Waals surface area contributed by atoms with Crippen LogP contribution < -0.4 is 10.1 Å². The maximum atomic E-state index is 13.2. The summed E-state index contributed by atoms with van der Waals surface area (Å²) in [6.07, 6.45) is 2.78. The molecule has 0 unspecified atom stereocenters. The summed E-state index contributed by atoms with van der Waals surface area (Å²) in [5, 5.41) is 2.86. The lowest BCUT2D eigenvalue weighted by molar-refractivity contribution is -0.134. The molecular weight excluding hydrogens is 416 g/mol. The monoisotopic (exact) mass is 450 g/mol. The topological polar surface area (TPSA) is 67.9 Å². The van der Waals surface area contributed by atoms with Gasteiger partial charge in [-0.05, 0) is 61.4 Å². The fourth-order valence-corrected chi connectivity index (χ4v) is 4.45. The summed E-state index contributed by atoms with van der Waals surface area (Å²) >= 11 is 0. The van der Waals surface area contributed by atoms with Gasteiger partial charge in [-0.1, -0.05) is 42.8 Å². The van der Waals surface area contributed by atoms with Gasteiger partial charge in [0.15, 0.2) is 6.10 Å². The number of fused-ring (bicyclic) bond motifs is 1. The number of hydrogen-bond acceptors (Lipinski definition) is 4. The number of methoxy groups -OCH3 is 1. The molecule has 1 N–H and O–H groups in total. The second-order valence-corrected chi connectivity index (χ2v) is 9.03. The Kier molecular flexibility index (Phi) is 7.33. The minimum atomic E-state index is -0.578. The van der Waals surface area contributed by atoms with E-state index >= 15 is 0 Å². The molecule has 1 fully saturated rings. The van der Waals surface area contributed by atoms with Crippen molar-refractivity contribution in [1.82, 2.24) is 10.2 Å². The summed E-state index contributed by atoms with van der Waals surface area (Å²) in [7, 11) is 1.61. The molecule has 2 aliphatic rings. The van der Waals surface area contributed by atoms with Gasteiger partial charge < -0.3 is 19.7 Å². The molecule has 0 saturated heterocycles. The van der Waals surface area contributed by atoms with E-state index in [0.717, 1.165) is 36.9 Å². The predicted molar refractivity (Wildman–Crippen MR) is 127 cm³/mol. The van der Waals surface area contributed by atoms with Crippen molar-refractivity contribution < 1.29 is 19.1 Å². The third-order valence-electron chi connectivity index (χ3n) is 6.50. The van der Waals surface area contributed by atoms with Gasteiger partial charge in [0.05, 0.1) is 12.6 Å². The quantitative estimate of drug-likeness (QED) is 0.590. The summed E-state index contributed by atoms with van der Waals surface area (Å²) < 4.78 is 11.1. The number of carbonyl (C=O) groups is 2. The maximum Gasteiger partial charge on any atom is 0.261 e. The second kappa shape index (κ2) is 10.4. The summed E-state index contributed by atoms with van der Waals surface area (Å²) in [6.45, 7) is 5.64. The Bertz CT molecular complexity index is 984. The van der Waals surface area contributed by atoms with E-state index < -0.39 is 6.10 Å². The molecule has 33 heavy (non-hydrogen) atoms. The van der Waals surface area contributed by atoms with E-state index in [9.17, 15) is 9.59 Å². The fourth-order valence-electron chi connectivity index (χ4n) is 4.45. The number of rotatable bonds is 9. The number of nitrogens with zero attached hydrogens (tertiary/aromatic N) is 1. The zero-order valence-corrected chi connectivity index (χ0v) is 19.8. The van der Waals surface area contributed by atoms with Gasteiger partial charge in [0.25, 0.3) is 5.91 Å². The molecule has 4 rings (SSSR count). The van der Waals surface area contributed by atoms with E-state index in [2.05, 4.69) is 42.6 Å². The number of benzene rings is 2. The molecule has 176 valence electrons. The van der Waals surface area contributed by atoms with E-state index in [1.165, 1.54) is 11.1 Å².